The molecule has 38 heavy (non-hydrogen) atoms. The third kappa shape index (κ3) is 8.18. The van der Waals surface area contributed by atoms with Crippen LogP contribution >= 0.6 is 0 Å². The van der Waals surface area contributed by atoms with Crippen molar-refractivity contribution in [3.8, 4) is 0 Å². The first kappa shape index (κ1) is 27.9. The molecule has 0 spiro atoms. The van der Waals surface area contributed by atoms with Crippen molar-refractivity contribution in [1.82, 2.24) is 30.2 Å². The Hall–Kier alpha value is -3.14. The van der Waals surface area contributed by atoms with Gasteiger partial charge in [-0.1, -0.05) is 0 Å². The minimum Gasteiger partial charge on any atom is -0.393 e. The third-order valence-electron chi connectivity index (χ3n) is 6.16. The van der Waals surface area contributed by atoms with Crippen LogP contribution in [-0.2, 0) is 4.74 Å². The van der Waals surface area contributed by atoms with Crippen molar-refractivity contribution < 1.29 is 23.0 Å². The van der Waals surface area contributed by atoms with Crippen molar-refractivity contribution in [2.45, 2.75) is 25.1 Å². The summed E-state index contributed by atoms with van der Waals surface area (Å²) in [6, 6.07) is 1.66. The molecule has 0 bridgehead atoms. The molecule has 4 heterocycles. The van der Waals surface area contributed by atoms with Crippen molar-refractivity contribution in [2.24, 2.45) is 0 Å². The lowest BCUT2D eigenvalue weighted by molar-refractivity contribution is -0.172. The highest BCUT2D eigenvalue weighted by Gasteiger charge is 2.28. The zero-order valence-electron chi connectivity index (χ0n) is 21.0. The standard InChI is InChI=1S/C23H33F3N10O2/c24-23(25,26)14-38-12-7-30-20-19(17(27)13-35-8-2-16(37)3-9-35)33-22(36-10-5-28-6-11-36)34-21(20)32-18-1-4-29-15-31-18/h1,4,15-16,27-28,30,37H,2-3,5-14H2,(H,29,31,32,33,34). The molecule has 2 fully saturated rings. The highest BCUT2D eigenvalue weighted by molar-refractivity contribution is 6.05. The Morgan fingerprint density at radius 1 is 1.18 bits per heavy atom. The van der Waals surface area contributed by atoms with Gasteiger partial charge in [0.2, 0.25) is 5.95 Å². The van der Waals surface area contributed by atoms with Gasteiger partial charge in [0.15, 0.2) is 5.82 Å². The molecular weight excluding hydrogens is 505 g/mol. The largest absolute Gasteiger partial charge is 0.411 e. The van der Waals surface area contributed by atoms with Crippen LogP contribution < -0.4 is 20.9 Å². The maximum absolute atomic E-state index is 12.5. The van der Waals surface area contributed by atoms with E-state index in [0.717, 1.165) is 13.1 Å². The van der Waals surface area contributed by atoms with E-state index in [2.05, 4.69) is 30.8 Å². The van der Waals surface area contributed by atoms with Gasteiger partial charge in [0.05, 0.1) is 18.4 Å². The molecule has 0 aromatic carbocycles. The summed E-state index contributed by atoms with van der Waals surface area (Å²) in [7, 11) is 0. The smallest absolute Gasteiger partial charge is 0.393 e. The van der Waals surface area contributed by atoms with Gasteiger partial charge in [-0.3, -0.25) is 4.90 Å². The molecule has 0 radical (unpaired) electrons. The fraction of sp³-hybridized carbons (Fsp3) is 0.609. The lowest BCUT2D eigenvalue weighted by Gasteiger charge is -2.31. The number of halogens is 3. The molecule has 2 saturated heterocycles. The van der Waals surface area contributed by atoms with Gasteiger partial charge in [-0.05, 0) is 18.9 Å². The fourth-order valence-corrected chi connectivity index (χ4v) is 4.23. The SMILES string of the molecule is N=C(CN1CCC(O)CC1)c1nc(N2CCNCC2)nc(Nc2ccncn2)c1NCCOCC(F)(F)F. The maximum Gasteiger partial charge on any atom is 0.411 e. The van der Waals surface area contributed by atoms with E-state index in [1.54, 1.807) is 12.3 Å². The summed E-state index contributed by atoms with van der Waals surface area (Å²) >= 11 is 0. The molecule has 4 rings (SSSR count). The fourth-order valence-electron chi connectivity index (χ4n) is 4.23. The topological polar surface area (TPSA) is 147 Å². The minimum absolute atomic E-state index is 0.0427. The van der Waals surface area contributed by atoms with Gasteiger partial charge in [0, 0.05) is 58.6 Å². The lowest BCUT2D eigenvalue weighted by Crippen LogP contribution is -2.44. The normalized spacial score (nSPS) is 17.4. The van der Waals surface area contributed by atoms with Crippen LogP contribution in [0, 0.1) is 5.41 Å². The van der Waals surface area contributed by atoms with Gasteiger partial charge in [-0.25, -0.2) is 15.0 Å². The predicted molar refractivity (Wildman–Crippen MR) is 136 cm³/mol. The Morgan fingerprint density at radius 2 is 1.95 bits per heavy atom. The Bertz CT molecular complexity index is 1050. The van der Waals surface area contributed by atoms with Crippen LogP contribution in [0.3, 0.4) is 0 Å². The molecule has 0 saturated carbocycles. The number of piperidine rings is 1. The number of anilines is 4. The van der Waals surface area contributed by atoms with Gasteiger partial charge >= 0.3 is 6.18 Å². The molecule has 2 aromatic heterocycles. The van der Waals surface area contributed by atoms with Crippen LogP contribution in [0.15, 0.2) is 18.6 Å². The number of hydrogen-bond donors (Lipinski definition) is 5. The molecule has 0 aliphatic carbocycles. The molecule has 0 amide bonds. The van der Waals surface area contributed by atoms with E-state index < -0.39 is 12.8 Å². The molecule has 5 N–H and O–H groups in total. The molecule has 2 aromatic rings. The Balaban J connectivity index is 1.63. The number of piperazine rings is 1. The van der Waals surface area contributed by atoms with Gasteiger partial charge in [-0.15, -0.1) is 0 Å². The predicted octanol–water partition coefficient (Wildman–Crippen LogP) is 1.24. The van der Waals surface area contributed by atoms with E-state index >= 15 is 0 Å². The summed E-state index contributed by atoms with van der Waals surface area (Å²) in [5, 5.41) is 28.3. The second-order valence-corrected chi connectivity index (χ2v) is 9.13. The molecule has 208 valence electrons. The number of ether oxygens (including phenoxy) is 1. The lowest BCUT2D eigenvalue weighted by atomic mass is 10.1. The van der Waals surface area contributed by atoms with E-state index in [9.17, 15) is 18.3 Å². The van der Waals surface area contributed by atoms with Gasteiger partial charge in [0.25, 0.3) is 0 Å². The number of aromatic nitrogens is 4. The number of likely N-dealkylation sites (tertiary alicyclic amines) is 1. The molecule has 12 nitrogen and oxygen atoms in total. The monoisotopic (exact) mass is 538 g/mol. The first-order valence-electron chi connectivity index (χ1n) is 12.6. The van der Waals surface area contributed by atoms with Crippen molar-refractivity contribution >= 4 is 29.0 Å². The Morgan fingerprint density at radius 3 is 2.63 bits per heavy atom. The number of aliphatic hydroxyl groups excluding tert-OH is 1. The molecule has 15 heteroatoms. The number of alkyl halides is 3. The molecule has 0 unspecified atom stereocenters. The van der Waals surface area contributed by atoms with Crippen LogP contribution in [0.4, 0.5) is 36.4 Å². The van der Waals surface area contributed by atoms with Gasteiger partial charge < -0.3 is 36.1 Å². The number of nitrogens with one attached hydrogen (secondary N) is 4. The summed E-state index contributed by atoms with van der Waals surface area (Å²) in [6.45, 7) is 2.99. The van der Waals surface area contributed by atoms with Crippen LogP contribution in [-0.4, -0.2) is 114 Å². The number of hydrogen-bond acceptors (Lipinski definition) is 12. The zero-order chi connectivity index (χ0) is 27.0. The summed E-state index contributed by atoms with van der Waals surface area (Å²) in [5.74, 6) is 1.25. The average Bonchev–Trinajstić information content (AvgIpc) is 2.90. The first-order chi connectivity index (χ1) is 18.3. The van der Waals surface area contributed by atoms with Crippen molar-refractivity contribution in [3.63, 3.8) is 0 Å². The number of aliphatic hydroxyl groups is 1. The van der Waals surface area contributed by atoms with E-state index in [1.807, 2.05) is 4.90 Å². The molecular formula is C23H33F3N10O2. The quantitative estimate of drug-likeness (QED) is 0.208. The van der Waals surface area contributed by atoms with Gasteiger partial charge in [-0.2, -0.15) is 18.2 Å². The van der Waals surface area contributed by atoms with E-state index in [4.69, 9.17) is 20.1 Å². The number of rotatable bonds is 11. The van der Waals surface area contributed by atoms with Crippen molar-refractivity contribution in [2.75, 3.05) is 81.1 Å². The zero-order valence-corrected chi connectivity index (χ0v) is 21.0. The van der Waals surface area contributed by atoms with Crippen LogP contribution in [0.25, 0.3) is 0 Å². The Labute approximate surface area is 218 Å². The summed E-state index contributed by atoms with van der Waals surface area (Å²) < 4.78 is 42.3. The third-order valence-corrected chi connectivity index (χ3v) is 6.16. The molecule has 0 atom stereocenters. The second-order valence-electron chi connectivity index (χ2n) is 9.13. The van der Waals surface area contributed by atoms with E-state index in [0.29, 0.717) is 74.5 Å². The summed E-state index contributed by atoms with van der Waals surface area (Å²) in [4.78, 5) is 21.7. The van der Waals surface area contributed by atoms with Gasteiger partial charge in [0.1, 0.15) is 30.1 Å². The molecule has 2 aliphatic heterocycles. The minimum atomic E-state index is -4.41. The van der Waals surface area contributed by atoms with Crippen LogP contribution in [0.2, 0.25) is 0 Å². The van der Waals surface area contributed by atoms with Crippen LogP contribution in [0.5, 0.6) is 0 Å². The first-order valence-corrected chi connectivity index (χ1v) is 12.6. The average molecular weight is 539 g/mol. The number of nitrogens with zero attached hydrogens (tertiary/aromatic N) is 6. The van der Waals surface area contributed by atoms with Crippen molar-refractivity contribution in [1.29, 1.82) is 5.41 Å². The highest BCUT2D eigenvalue weighted by Crippen LogP contribution is 2.29. The summed E-state index contributed by atoms with van der Waals surface area (Å²) in [6.07, 6.45) is -0.539. The second kappa shape index (κ2) is 13.1. The van der Waals surface area contributed by atoms with E-state index in [1.165, 1.54) is 6.33 Å². The van der Waals surface area contributed by atoms with Crippen molar-refractivity contribution in [3.05, 3.63) is 24.3 Å². The highest BCUT2D eigenvalue weighted by atomic mass is 19.4. The molecule has 2 aliphatic rings. The van der Waals surface area contributed by atoms with E-state index in [-0.39, 0.29) is 25.0 Å². The maximum atomic E-state index is 12.5. The Kier molecular flexibility index (Phi) is 9.60. The summed E-state index contributed by atoms with van der Waals surface area (Å²) in [5.41, 5.74) is 0.941. The van der Waals surface area contributed by atoms with Crippen LogP contribution in [0.1, 0.15) is 18.5 Å².